The molecule has 1 atom stereocenters. The summed E-state index contributed by atoms with van der Waals surface area (Å²) in [6.45, 7) is 5.75. The Kier molecular flexibility index (Phi) is 3.39. The van der Waals surface area contributed by atoms with Crippen molar-refractivity contribution in [3.8, 4) is 0 Å². The Morgan fingerprint density at radius 1 is 1.23 bits per heavy atom. The van der Waals surface area contributed by atoms with Gasteiger partial charge in [0.05, 0.1) is 19.8 Å². The van der Waals surface area contributed by atoms with E-state index in [9.17, 15) is 0 Å². The van der Waals surface area contributed by atoms with Crippen LogP contribution in [0.4, 0.5) is 0 Å². The average Bonchev–Trinajstić information content (AvgIpc) is 2.21. The first-order chi connectivity index (χ1) is 6.45. The first kappa shape index (κ1) is 9.22. The van der Waals surface area contributed by atoms with Gasteiger partial charge < -0.3 is 9.64 Å². The lowest BCUT2D eigenvalue weighted by atomic mass is 9.94. The van der Waals surface area contributed by atoms with E-state index in [1.54, 1.807) is 4.90 Å². The molecule has 0 radical (unpaired) electrons. The zero-order valence-corrected chi connectivity index (χ0v) is 8.30. The lowest BCUT2D eigenvalue weighted by Crippen LogP contribution is -3.14. The molecule has 2 rings (SSSR count). The van der Waals surface area contributed by atoms with Gasteiger partial charge in [-0.3, -0.25) is 0 Å². The van der Waals surface area contributed by atoms with Crippen molar-refractivity contribution < 1.29 is 9.64 Å². The van der Waals surface area contributed by atoms with Crippen LogP contribution in [0.15, 0.2) is 12.2 Å². The van der Waals surface area contributed by atoms with Gasteiger partial charge in [0, 0.05) is 5.92 Å². The Labute approximate surface area is 80.6 Å². The largest absolute Gasteiger partial charge is 0.370 e. The highest BCUT2D eigenvalue weighted by atomic mass is 16.5. The van der Waals surface area contributed by atoms with Gasteiger partial charge in [0.1, 0.15) is 13.1 Å². The van der Waals surface area contributed by atoms with Crippen LogP contribution in [0.2, 0.25) is 0 Å². The van der Waals surface area contributed by atoms with Gasteiger partial charge in [-0.05, 0) is 19.3 Å². The quantitative estimate of drug-likeness (QED) is 0.605. The van der Waals surface area contributed by atoms with Crippen LogP contribution < -0.4 is 4.90 Å². The van der Waals surface area contributed by atoms with Crippen LogP contribution in [0.25, 0.3) is 0 Å². The fourth-order valence-electron chi connectivity index (χ4n) is 2.31. The predicted octanol–water partition coefficient (Wildman–Crippen LogP) is 0.258. The minimum absolute atomic E-state index is 0.943. The van der Waals surface area contributed by atoms with E-state index >= 15 is 0 Å². The van der Waals surface area contributed by atoms with Gasteiger partial charge in [0.25, 0.3) is 0 Å². The molecular formula is C11H20NO+. The summed E-state index contributed by atoms with van der Waals surface area (Å²) in [6.07, 6.45) is 8.69. The number of morpholine rings is 1. The second-order valence-corrected chi connectivity index (χ2v) is 4.22. The van der Waals surface area contributed by atoms with Crippen LogP contribution in [0.3, 0.4) is 0 Å². The van der Waals surface area contributed by atoms with Gasteiger partial charge >= 0.3 is 0 Å². The van der Waals surface area contributed by atoms with Crippen LogP contribution in [0, 0.1) is 5.92 Å². The smallest absolute Gasteiger partial charge is 0.101 e. The maximum Gasteiger partial charge on any atom is 0.101 e. The summed E-state index contributed by atoms with van der Waals surface area (Å²) in [7, 11) is 0. The third-order valence-corrected chi connectivity index (χ3v) is 3.15. The third kappa shape index (κ3) is 2.82. The van der Waals surface area contributed by atoms with E-state index < -0.39 is 0 Å². The summed E-state index contributed by atoms with van der Waals surface area (Å²) in [6, 6.07) is 0. The van der Waals surface area contributed by atoms with Crippen molar-refractivity contribution in [3.63, 3.8) is 0 Å². The van der Waals surface area contributed by atoms with Crippen LogP contribution in [-0.2, 0) is 4.74 Å². The summed E-state index contributed by atoms with van der Waals surface area (Å²) < 4.78 is 5.35. The van der Waals surface area contributed by atoms with Crippen LogP contribution in [0.1, 0.15) is 19.3 Å². The SMILES string of the molecule is C1=CC[C@H](C[NH+]2CCOCC2)CC1. The highest BCUT2D eigenvalue weighted by Gasteiger charge is 2.19. The molecule has 1 fully saturated rings. The Hall–Kier alpha value is -0.340. The first-order valence-corrected chi connectivity index (χ1v) is 5.51. The van der Waals surface area contributed by atoms with Gasteiger partial charge in [-0.15, -0.1) is 0 Å². The molecule has 0 aromatic heterocycles. The third-order valence-electron chi connectivity index (χ3n) is 3.15. The molecule has 1 aliphatic heterocycles. The fourth-order valence-corrected chi connectivity index (χ4v) is 2.31. The summed E-state index contributed by atoms with van der Waals surface area (Å²) in [5.41, 5.74) is 0. The molecule has 74 valence electrons. The van der Waals surface area contributed by atoms with E-state index in [-0.39, 0.29) is 0 Å². The molecule has 1 saturated heterocycles. The Morgan fingerprint density at radius 3 is 2.77 bits per heavy atom. The molecule has 1 heterocycles. The van der Waals surface area contributed by atoms with Crippen molar-refractivity contribution in [2.45, 2.75) is 19.3 Å². The second kappa shape index (κ2) is 4.77. The van der Waals surface area contributed by atoms with E-state index in [1.807, 2.05) is 0 Å². The summed E-state index contributed by atoms with van der Waals surface area (Å²) >= 11 is 0. The van der Waals surface area contributed by atoms with Crippen molar-refractivity contribution in [1.82, 2.24) is 0 Å². The van der Waals surface area contributed by atoms with E-state index in [2.05, 4.69) is 12.2 Å². The number of rotatable bonds is 2. The zero-order valence-electron chi connectivity index (χ0n) is 8.30. The van der Waals surface area contributed by atoms with Gasteiger partial charge in [0.15, 0.2) is 0 Å². The zero-order chi connectivity index (χ0) is 8.93. The first-order valence-electron chi connectivity index (χ1n) is 5.51. The van der Waals surface area contributed by atoms with Crippen molar-refractivity contribution in [2.24, 2.45) is 5.92 Å². The number of hydrogen-bond donors (Lipinski definition) is 1. The fraction of sp³-hybridized carbons (Fsp3) is 0.818. The molecule has 0 aromatic rings. The van der Waals surface area contributed by atoms with Crippen molar-refractivity contribution in [3.05, 3.63) is 12.2 Å². The van der Waals surface area contributed by atoms with Gasteiger partial charge in [-0.2, -0.15) is 0 Å². The van der Waals surface area contributed by atoms with Crippen LogP contribution in [0.5, 0.6) is 0 Å². The summed E-state index contributed by atoms with van der Waals surface area (Å²) in [5.74, 6) is 0.943. The monoisotopic (exact) mass is 182 g/mol. The summed E-state index contributed by atoms with van der Waals surface area (Å²) in [4.78, 5) is 1.76. The number of ether oxygens (including phenoxy) is 1. The molecule has 2 aliphatic rings. The summed E-state index contributed by atoms with van der Waals surface area (Å²) in [5, 5.41) is 0. The van der Waals surface area contributed by atoms with Crippen LogP contribution >= 0.6 is 0 Å². The molecule has 1 aliphatic carbocycles. The van der Waals surface area contributed by atoms with Crippen molar-refractivity contribution >= 4 is 0 Å². The highest BCUT2D eigenvalue weighted by molar-refractivity contribution is 4.89. The number of allylic oxidation sites excluding steroid dienone is 2. The van der Waals surface area contributed by atoms with Crippen molar-refractivity contribution in [2.75, 3.05) is 32.8 Å². The number of hydrogen-bond acceptors (Lipinski definition) is 1. The predicted molar refractivity (Wildman–Crippen MR) is 52.9 cm³/mol. The van der Waals surface area contributed by atoms with Crippen LogP contribution in [-0.4, -0.2) is 32.8 Å². The Balaban J connectivity index is 1.72. The molecule has 0 unspecified atom stereocenters. The highest BCUT2D eigenvalue weighted by Crippen LogP contribution is 2.15. The Morgan fingerprint density at radius 2 is 2.08 bits per heavy atom. The molecule has 1 N–H and O–H groups in total. The lowest BCUT2D eigenvalue weighted by Gasteiger charge is -2.28. The molecule has 0 bridgehead atoms. The normalized spacial score (nSPS) is 30.6. The molecule has 13 heavy (non-hydrogen) atoms. The van der Waals surface area contributed by atoms with Gasteiger partial charge in [-0.25, -0.2) is 0 Å². The van der Waals surface area contributed by atoms with Crippen molar-refractivity contribution in [1.29, 1.82) is 0 Å². The molecule has 0 aromatic carbocycles. The van der Waals surface area contributed by atoms with Gasteiger partial charge in [-0.1, -0.05) is 12.2 Å². The van der Waals surface area contributed by atoms with E-state index in [0.29, 0.717) is 0 Å². The molecule has 0 amide bonds. The van der Waals surface area contributed by atoms with E-state index in [0.717, 1.165) is 19.1 Å². The van der Waals surface area contributed by atoms with E-state index in [4.69, 9.17) is 4.74 Å². The minimum atomic E-state index is 0.943. The molecule has 2 heteroatoms. The average molecular weight is 182 g/mol. The maximum atomic E-state index is 5.35. The molecule has 0 saturated carbocycles. The number of nitrogens with one attached hydrogen (secondary N) is 1. The van der Waals surface area contributed by atoms with E-state index in [1.165, 1.54) is 38.9 Å². The molecule has 0 spiro atoms. The maximum absolute atomic E-state index is 5.35. The standard InChI is InChI=1S/C11H19NO/c1-2-4-11(5-3-1)10-12-6-8-13-9-7-12/h1-2,11H,3-10H2/p+1/t11-/m0/s1. The topological polar surface area (TPSA) is 13.7 Å². The Bertz CT molecular complexity index is 173. The minimum Gasteiger partial charge on any atom is -0.370 e. The number of quaternary nitrogens is 1. The lowest BCUT2D eigenvalue weighted by molar-refractivity contribution is -0.911. The molecule has 2 nitrogen and oxygen atoms in total. The second-order valence-electron chi connectivity index (χ2n) is 4.22. The van der Waals surface area contributed by atoms with Gasteiger partial charge in [0.2, 0.25) is 0 Å². The molecular weight excluding hydrogens is 162 g/mol.